The number of hydrogen-bond acceptors (Lipinski definition) is 4. The summed E-state index contributed by atoms with van der Waals surface area (Å²) in [7, 11) is 1.95. The van der Waals surface area contributed by atoms with Gasteiger partial charge in [-0.1, -0.05) is 71.9 Å². The molecule has 0 aliphatic carbocycles. The third-order valence-corrected chi connectivity index (χ3v) is 4.35. The molecule has 0 spiro atoms. The fourth-order valence-corrected chi connectivity index (χ4v) is 2.67. The van der Waals surface area contributed by atoms with Crippen LogP contribution in [0.4, 0.5) is 5.82 Å². The van der Waals surface area contributed by atoms with Gasteiger partial charge in [-0.2, -0.15) is 0 Å². The molecule has 0 atom stereocenters. The Morgan fingerprint density at radius 3 is 2.50 bits per heavy atom. The fourth-order valence-electron chi connectivity index (χ4n) is 2.50. The summed E-state index contributed by atoms with van der Waals surface area (Å²) in [6.07, 6.45) is 1.68. The van der Waals surface area contributed by atoms with Gasteiger partial charge >= 0.3 is 0 Å². The molecule has 0 aliphatic heterocycles. The molecule has 5 nitrogen and oxygen atoms in total. The highest BCUT2D eigenvalue weighted by Crippen LogP contribution is 2.09. The van der Waals surface area contributed by atoms with Gasteiger partial charge in [-0.05, 0) is 35.5 Å². The number of nitrogens with one attached hydrogen (secondary N) is 1. The number of aromatic nitrogens is 1. The van der Waals surface area contributed by atoms with E-state index in [2.05, 4.69) is 27.6 Å². The van der Waals surface area contributed by atoms with E-state index in [1.54, 1.807) is 6.21 Å². The molecule has 1 heterocycles. The maximum Gasteiger partial charge on any atom is 0.174 e. The van der Waals surface area contributed by atoms with Crippen molar-refractivity contribution in [2.75, 3.05) is 12.4 Å². The summed E-state index contributed by atoms with van der Waals surface area (Å²) in [4.78, 5) is 11.8. The Morgan fingerprint density at radius 2 is 1.75 bits per heavy atom. The zero-order chi connectivity index (χ0) is 19.6. The predicted molar refractivity (Wildman–Crippen MR) is 117 cm³/mol. The molecule has 0 fully saturated rings. The van der Waals surface area contributed by atoms with Crippen molar-refractivity contribution in [2.45, 2.75) is 13.2 Å². The summed E-state index contributed by atoms with van der Waals surface area (Å²) in [5.74, 6) is 0.679. The van der Waals surface area contributed by atoms with Gasteiger partial charge in [0, 0.05) is 13.6 Å². The van der Waals surface area contributed by atoms with Gasteiger partial charge in [0.1, 0.15) is 5.82 Å². The highest BCUT2D eigenvalue weighted by atomic mass is 32.1. The molecule has 0 aliphatic rings. The van der Waals surface area contributed by atoms with E-state index in [1.807, 2.05) is 78.7 Å². The highest BCUT2D eigenvalue weighted by molar-refractivity contribution is 7.80. The zero-order valence-electron chi connectivity index (χ0n) is 15.7. The number of pyridine rings is 1. The second-order valence-corrected chi connectivity index (χ2v) is 6.59. The maximum absolute atomic E-state index is 5.48. The number of oxime groups is 1. The summed E-state index contributed by atoms with van der Waals surface area (Å²) in [5.41, 5.74) is 2.95. The van der Waals surface area contributed by atoms with Crippen LogP contribution in [-0.2, 0) is 18.0 Å². The molecule has 0 unspecified atom stereocenters. The van der Waals surface area contributed by atoms with Gasteiger partial charge in [0.25, 0.3) is 0 Å². The highest BCUT2D eigenvalue weighted by Gasteiger charge is 2.07. The Morgan fingerprint density at radius 1 is 1.04 bits per heavy atom. The summed E-state index contributed by atoms with van der Waals surface area (Å²) in [6, 6.07) is 25.7. The Bertz CT molecular complexity index is 916. The third kappa shape index (κ3) is 6.17. The smallest absolute Gasteiger partial charge is 0.174 e. The second-order valence-electron chi connectivity index (χ2n) is 6.20. The number of nitrogens with zero attached hydrogens (tertiary/aromatic N) is 3. The topological polar surface area (TPSA) is 49.8 Å². The third-order valence-electron chi connectivity index (χ3n) is 3.94. The minimum Gasteiger partial charge on any atom is -0.389 e. The lowest BCUT2D eigenvalue weighted by molar-refractivity contribution is 0.129. The van der Waals surface area contributed by atoms with Crippen molar-refractivity contribution in [3.63, 3.8) is 0 Å². The largest absolute Gasteiger partial charge is 0.389 e. The van der Waals surface area contributed by atoms with Gasteiger partial charge in [0.05, 0.1) is 11.9 Å². The van der Waals surface area contributed by atoms with E-state index in [9.17, 15) is 0 Å². The minimum absolute atomic E-state index is 0.283. The van der Waals surface area contributed by atoms with E-state index in [0.29, 0.717) is 10.9 Å². The summed E-state index contributed by atoms with van der Waals surface area (Å²) >= 11 is 5.48. The average Bonchev–Trinajstić information content (AvgIpc) is 2.73. The number of benzene rings is 2. The van der Waals surface area contributed by atoms with Gasteiger partial charge in [0.15, 0.2) is 11.7 Å². The monoisotopic (exact) mass is 390 g/mol. The molecule has 0 radical (unpaired) electrons. The molecule has 1 aromatic heterocycles. The van der Waals surface area contributed by atoms with Crippen molar-refractivity contribution in [2.24, 2.45) is 5.16 Å². The molecule has 1 N–H and O–H groups in total. The first-order valence-electron chi connectivity index (χ1n) is 8.93. The van der Waals surface area contributed by atoms with E-state index < -0.39 is 0 Å². The van der Waals surface area contributed by atoms with Crippen molar-refractivity contribution in [1.29, 1.82) is 0 Å². The molecule has 0 amide bonds. The molecular formula is C22H22N4OS. The number of hydrogen-bond donors (Lipinski definition) is 1. The Labute approximate surface area is 170 Å². The SMILES string of the molecule is CN(Cc1ccccc1)C(=S)Nc1cccc(CON=Cc2ccccc2)n1. The van der Waals surface area contributed by atoms with Crippen LogP contribution in [0.15, 0.2) is 84.0 Å². The van der Waals surface area contributed by atoms with E-state index in [0.717, 1.165) is 17.8 Å². The Kier molecular flexibility index (Phi) is 7.09. The van der Waals surface area contributed by atoms with Crippen LogP contribution in [0.3, 0.4) is 0 Å². The van der Waals surface area contributed by atoms with Gasteiger partial charge in [-0.15, -0.1) is 0 Å². The van der Waals surface area contributed by atoms with E-state index in [1.165, 1.54) is 5.56 Å². The van der Waals surface area contributed by atoms with Crippen LogP contribution in [0.25, 0.3) is 0 Å². The summed E-state index contributed by atoms with van der Waals surface area (Å²) < 4.78 is 0. The maximum atomic E-state index is 5.48. The van der Waals surface area contributed by atoms with Crippen LogP contribution in [0.5, 0.6) is 0 Å². The quantitative estimate of drug-likeness (QED) is 0.367. The summed E-state index contributed by atoms with van der Waals surface area (Å²) in [6.45, 7) is 1.01. The standard InChI is InChI=1S/C22H22N4OS/c1-26(16-19-11-6-3-7-12-19)22(28)25-21-14-8-13-20(24-21)17-27-23-15-18-9-4-2-5-10-18/h2-15H,16-17H2,1H3,(H,24,25,28). The normalized spacial score (nSPS) is 10.6. The molecule has 2 aromatic carbocycles. The molecule has 0 bridgehead atoms. The zero-order valence-corrected chi connectivity index (χ0v) is 16.5. The van der Waals surface area contributed by atoms with Crippen LogP contribution in [0.2, 0.25) is 0 Å². The first kappa shape index (κ1) is 19.5. The lowest BCUT2D eigenvalue weighted by atomic mass is 10.2. The van der Waals surface area contributed by atoms with Crippen LogP contribution >= 0.6 is 12.2 Å². The van der Waals surface area contributed by atoms with Crippen molar-refractivity contribution in [3.8, 4) is 0 Å². The predicted octanol–water partition coefficient (Wildman–Crippen LogP) is 4.46. The van der Waals surface area contributed by atoms with E-state index in [4.69, 9.17) is 17.1 Å². The van der Waals surface area contributed by atoms with Crippen LogP contribution < -0.4 is 5.32 Å². The lowest BCUT2D eigenvalue weighted by Gasteiger charge is -2.21. The van der Waals surface area contributed by atoms with Crippen molar-refractivity contribution in [3.05, 3.63) is 95.7 Å². The van der Waals surface area contributed by atoms with Crippen molar-refractivity contribution >= 4 is 29.4 Å². The summed E-state index contributed by atoms with van der Waals surface area (Å²) in [5, 5.41) is 7.76. The van der Waals surface area contributed by atoms with Crippen molar-refractivity contribution < 1.29 is 4.84 Å². The molecular weight excluding hydrogens is 368 g/mol. The van der Waals surface area contributed by atoms with Gasteiger partial charge in [-0.25, -0.2) is 4.98 Å². The van der Waals surface area contributed by atoms with Crippen LogP contribution in [0, 0.1) is 0 Å². The van der Waals surface area contributed by atoms with Crippen LogP contribution in [0.1, 0.15) is 16.8 Å². The van der Waals surface area contributed by atoms with Gasteiger partial charge in [0.2, 0.25) is 0 Å². The molecule has 6 heteroatoms. The van der Waals surface area contributed by atoms with E-state index in [-0.39, 0.29) is 6.61 Å². The first-order chi connectivity index (χ1) is 13.7. The minimum atomic E-state index is 0.283. The van der Waals surface area contributed by atoms with Gasteiger partial charge in [-0.3, -0.25) is 0 Å². The number of anilines is 1. The molecule has 3 aromatic rings. The molecule has 0 saturated heterocycles. The number of thiocarbonyl (C=S) groups is 1. The Hall–Kier alpha value is -3.25. The average molecular weight is 391 g/mol. The van der Waals surface area contributed by atoms with Crippen molar-refractivity contribution in [1.82, 2.24) is 9.88 Å². The molecule has 0 saturated carbocycles. The molecule has 28 heavy (non-hydrogen) atoms. The van der Waals surface area contributed by atoms with E-state index >= 15 is 0 Å². The Balaban J connectivity index is 1.51. The number of rotatable bonds is 7. The molecule has 142 valence electrons. The first-order valence-corrected chi connectivity index (χ1v) is 9.34. The molecule has 3 rings (SSSR count). The lowest BCUT2D eigenvalue weighted by Crippen LogP contribution is -2.30. The fraction of sp³-hybridized carbons (Fsp3) is 0.136. The second kappa shape index (κ2) is 10.2. The van der Waals surface area contributed by atoms with Crippen LogP contribution in [-0.4, -0.2) is 28.3 Å². The van der Waals surface area contributed by atoms with Gasteiger partial charge < -0.3 is 15.1 Å².